The Morgan fingerprint density at radius 3 is 2.52 bits per heavy atom. The number of ether oxygens (including phenoxy) is 1. The van der Waals surface area contributed by atoms with E-state index in [-0.39, 0.29) is 17.6 Å². The van der Waals surface area contributed by atoms with E-state index in [1.165, 1.54) is 6.20 Å². The molecule has 1 aromatic heterocycles. The topological polar surface area (TPSA) is 56.5 Å². The van der Waals surface area contributed by atoms with Crippen LogP contribution in [0.2, 0.25) is 0 Å². The molecular formula is C18H20N2O3. The van der Waals surface area contributed by atoms with Crippen LogP contribution in [0.1, 0.15) is 30.3 Å². The van der Waals surface area contributed by atoms with Gasteiger partial charge in [0.1, 0.15) is 5.75 Å². The van der Waals surface area contributed by atoms with Gasteiger partial charge in [0.05, 0.1) is 7.11 Å². The number of rotatable bonds is 5. The molecule has 1 saturated carbocycles. The zero-order chi connectivity index (χ0) is 16.4. The van der Waals surface area contributed by atoms with Crippen LogP contribution in [0.4, 0.5) is 5.69 Å². The molecular weight excluding hydrogens is 292 g/mol. The molecule has 0 radical (unpaired) electrons. The molecule has 1 amide bonds. The lowest BCUT2D eigenvalue weighted by Crippen LogP contribution is -2.46. The van der Waals surface area contributed by atoms with E-state index in [4.69, 9.17) is 4.74 Å². The number of hydrogen-bond donors (Lipinski definition) is 0. The fraction of sp³-hybridized carbons (Fsp3) is 0.333. The van der Waals surface area contributed by atoms with Crippen LogP contribution in [-0.4, -0.2) is 19.1 Å². The number of aromatic nitrogens is 1. The van der Waals surface area contributed by atoms with Crippen molar-refractivity contribution >= 4 is 11.6 Å². The molecule has 2 aromatic rings. The monoisotopic (exact) mass is 312 g/mol. The maximum Gasteiger partial charge on any atom is 0.324 e. The second-order valence-corrected chi connectivity index (χ2v) is 5.86. The van der Waals surface area contributed by atoms with Gasteiger partial charge < -0.3 is 14.8 Å². The van der Waals surface area contributed by atoms with Gasteiger partial charge in [-0.3, -0.25) is 4.79 Å². The fourth-order valence-corrected chi connectivity index (χ4v) is 2.79. The first-order valence-electron chi connectivity index (χ1n) is 7.77. The van der Waals surface area contributed by atoms with Crippen molar-refractivity contribution in [1.82, 2.24) is 0 Å². The highest BCUT2D eigenvalue weighted by Gasteiger charge is 2.37. The van der Waals surface area contributed by atoms with Crippen LogP contribution in [0.5, 0.6) is 5.75 Å². The summed E-state index contributed by atoms with van der Waals surface area (Å²) >= 11 is 0. The first kappa shape index (κ1) is 15.3. The lowest BCUT2D eigenvalue weighted by Gasteiger charge is -2.28. The minimum absolute atomic E-state index is 0.0519. The second kappa shape index (κ2) is 6.28. The molecule has 3 rings (SSSR count). The van der Waals surface area contributed by atoms with Crippen LogP contribution in [0.25, 0.3) is 0 Å². The number of carbonyl (C=O) groups is 1. The standard InChI is InChI=1S/C18H20N2O3/c1-13(14-6-7-14)20(15-8-10-16(23-2)11-9-15)18(21)17-5-3-4-12-19(17)22/h3-5,8-14H,6-7H2,1-2H3/t13-/m0/s1. The largest absolute Gasteiger partial charge is 0.618 e. The van der Waals surface area contributed by atoms with Gasteiger partial charge in [0.25, 0.3) is 5.69 Å². The summed E-state index contributed by atoms with van der Waals surface area (Å²) < 4.78 is 5.80. The number of methoxy groups -OCH3 is 1. The van der Waals surface area contributed by atoms with Gasteiger partial charge in [-0.2, -0.15) is 4.73 Å². The summed E-state index contributed by atoms with van der Waals surface area (Å²) in [5.74, 6) is 0.953. The predicted octanol–water partition coefficient (Wildman–Crippen LogP) is 2.77. The highest BCUT2D eigenvalue weighted by atomic mass is 16.5. The van der Waals surface area contributed by atoms with E-state index >= 15 is 0 Å². The molecule has 1 aliphatic carbocycles. The molecule has 23 heavy (non-hydrogen) atoms. The van der Waals surface area contributed by atoms with Crippen LogP contribution in [0.15, 0.2) is 48.7 Å². The molecule has 1 aliphatic rings. The zero-order valence-electron chi connectivity index (χ0n) is 13.3. The lowest BCUT2D eigenvalue weighted by atomic mass is 10.1. The third kappa shape index (κ3) is 3.13. The smallest absolute Gasteiger partial charge is 0.324 e. The number of amides is 1. The molecule has 5 nitrogen and oxygen atoms in total. The summed E-state index contributed by atoms with van der Waals surface area (Å²) in [6, 6.07) is 12.3. The van der Waals surface area contributed by atoms with Crippen molar-refractivity contribution in [1.29, 1.82) is 0 Å². The first-order chi connectivity index (χ1) is 11.1. The number of carbonyl (C=O) groups excluding carboxylic acids is 1. The van der Waals surface area contributed by atoms with Crippen LogP contribution in [-0.2, 0) is 0 Å². The fourth-order valence-electron chi connectivity index (χ4n) is 2.79. The van der Waals surface area contributed by atoms with Crippen LogP contribution >= 0.6 is 0 Å². The van der Waals surface area contributed by atoms with Gasteiger partial charge in [-0.05, 0) is 56.0 Å². The SMILES string of the molecule is COc1ccc(N(C(=O)c2cccc[n+]2[O-])[C@@H](C)C2CC2)cc1. The molecule has 0 saturated heterocycles. The lowest BCUT2D eigenvalue weighted by molar-refractivity contribution is -0.607. The Labute approximate surface area is 135 Å². The van der Waals surface area contributed by atoms with Crippen LogP contribution in [0.3, 0.4) is 0 Å². The number of pyridine rings is 1. The van der Waals surface area contributed by atoms with E-state index in [1.807, 2.05) is 31.2 Å². The quantitative estimate of drug-likeness (QED) is 0.630. The molecule has 5 heteroatoms. The highest BCUT2D eigenvalue weighted by Crippen LogP contribution is 2.37. The first-order valence-corrected chi connectivity index (χ1v) is 7.77. The Morgan fingerprint density at radius 2 is 1.96 bits per heavy atom. The molecule has 0 aliphatic heterocycles. The number of nitrogens with zero attached hydrogens (tertiary/aromatic N) is 2. The molecule has 1 heterocycles. The third-order valence-corrected chi connectivity index (χ3v) is 4.32. The van der Waals surface area contributed by atoms with Crippen molar-refractivity contribution in [3.05, 3.63) is 59.6 Å². The summed E-state index contributed by atoms with van der Waals surface area (Å²) in [5, 5.41) is 12.0. The Kier molecular flexibility index (Phi) is 4.19. The second-order valence-electron chi connectivity index (χ2n) is 5.86. The van der Waals surface area contributed by atoms with Gasteiger partial charge in [-0.25, -0.2) is 0 Å². The summed E-state index contributed by atoms with van der Waals surface area (Å²) in [6.45, 7) is 2.04. The summed E-state index contributed by atoms with van der Waals surface area (Å²) in [5.41, 5.74) is 0.912. The number of benzene rings is 1. The highest BCUT2D eigenvalue weighted by molar-refractivity contribution is 6.04. The van der Waals surface area contributed by atoms with Crippen molar-refractivity contribution < 1.29 is 14.3 Å². The molecule has 1 aromatic carbocycles. The Hall–Kier alpha value is -2.56. The van der Waals surface area contributed by atoms with Crippen molar-refractivity contribution in [3.63, 3.8) is 0 Å². The van der Waals surface area contributed by atoms with E-state index in [0.29, 0.717) is 10.6 Å². The summed E-state index contributed by atoms with van der Waals surface area (Å²) in [4.78, 5) is 14.7. The Balaban J connectivity index is 1.97. The van der Waals surface area contributed by atoms with Gasteiger partial charge in [0.15, 0.2) is 6.20 Å². The van der Waals surface area contributed by atoms with E-state index in [2.05, 4.69) is 0 Å². The van der Waals surface area contributed by atoms with Gasteiger partial charge in [0.2, 0.25) is 0 Å². The van der Waals surface area contributed by atoms with Gasteiger partial charge in [-0.1, -0.05) is 0 Å². The zero-order valence-corrected chi connectivity index (χ0v) is 13.3. The van der Waals surface area contributed by atoms with E-state index in [0.717, 1.165) is 24.3 Å². The van der Waals surface area contributed by atoms with Gasteiger partial charge in [0, 0.05) is 23.9 Å². The van der Waals surface area contributed by atoms with Crippen molar-refractivity contribution in [2.45, 2.75) is 25.8 Å². The molecule has 0 bridgehead atoms. The number of anilines is 1. The minimum atomic E-state index is -0.273. The van der Waals surface area contributed by atoms with Gasteiger partial charge in [-0.15, -0.1) is 0 Å². The average molecular weight is 312 g/mol. The molecule has 1 fully saturated rings. The molecule has 120 valence electrons. The summed E-state index contributed by atoms with van der Waals surface area (Å²) in [7, 11) is 1.61. The van der Waals surface area contributed by atoms with E-state index in [1.54, 1.807) is 30.2 Å². The third-order valence-electron chi connectivity index (χ3n) is 4.32. The van der Waals surface area contributed by atoms with E-state index < -0.39 is 0 Å². The Morgan fingerprint density at radius 1 is 1.26 bits per heavy atom. The minimum Gasteiger partial charge on any atom is -0.618 e. The maximum atomic E-state index is 13.0. The van der Waals surface area contributed by atoms with Gasteiger partial charge >= 0.3 is 5.91 Å². The molecule has 0 spiro atoms. The maximum absolute atomic E-state index is 13.0. The predicted molar refractivity (Wildman–Crippen MR) is 87.4 cm³/mol. The molecule has 0 N–H and O–H groups in total. The normalized spacial score (nSPS) is 15.0. The molecule has 0 unspecified atom stereocenters. The van der Waals surface area contributed by atoms with Crippen molar-refractivity contribution in [3.8, 4) is 5.75 Å². The van der Waals surface area contributed by atoms with Crippen molar-refractivity contribution in [2.75, 3.05) is 12.0 Å². The summed E-state index contributed by atoms with van der Waals surface area (Å²) in [6.07, 6.45) is 3.59. The van der Waals surface area contributed by atoms with Crippen LogP contribution < -0.4 is 14.4 Å². The van der Waals surface area contributed by atoms with Crippen molar-refractivity contribution in [2.24, 2.45) is 5.92 Å². The Bertz CT molecular complexity index is 696. The molecule has 1 atom stereocenters. The van der Waals surface area contributed by atoms with Crippen LogP contribution in [0, 0.1) is 11.1 Å². The number of hydrogen-bond acceptors (Lipinski definition) is 3. The van der Waals surface area contributed by atoms with E-state index in [9.17, 15) is 10.0 Å². The average Bonchev–Trinajstić information content (AvgIpc) is 3.41.